The molecule has 4 heteroatoms. The molecule has 0 radical (unpaired) electrons. The Morgan fingerprint density at radius 3 is 2.60 bits per heavy atom. The fraction of sp³-hybridized carbons (Fsp3) is 0.562. The Morgan fingerprint density at radius 2 is 2.10 bits per heavy atom. The Morgan fingerprint density at radius 1 is 1.45 bits per heavy atom. The van der Waals surface area contributed by atoms with Gasteiger partial charge < -0.3 is 10.0 Å². The smallest absolute Gasteiger partial charge is 0.101 e. The van der Waals surface area contributed by atoms with Gasteiger partial charge in [0, 0.05) is 24.2 Å². The van der Waals surface area contributed by atoms with Crippen LogP contribution in [0.15, 0.2) is 12.1 Å². The summed E-state index contributed by atoms with van der Waals surface area (Å²) < 4.78 is 0. The van der Waals surface area contributed by atoms with Crippen molar-refractivity contribution in [1.29, 1.82) is 5.26 Å². The van der Waals surface area contributed by atoms with Crippen LogP contribution in [0, 0.1) is 24.2 Å². The molecule has 1 aliphatic heterocycles. The molecular formula is C16H21ClN2O. The third kappa shape index (κ3) is 2.51. The molecule has 1 saturated heterocycles. The minimum atomic E-state index is -0.682. The summed E-state index contributed by atoms with van der Waals surface area (Å²) in [5.74, 6) is 0.233. The molecule has 20 heavy (non-hydrogen) atoms. The number of aliphatic hydroxyl groups is 1. The lowest BCUT2D eigenvalue weighted by Gasteiger charge is -2.33. The molecule has 1 aromatic rings. The average Bonchev–Trinajstić information content (AvgIpc) is 2.74. The molecule has 1 aliphatic rings. The largest absolute Gasteiger partial charge is 0.390 e. The Bertz CT molecular complexity index is 557. The first-order valence-corrected chi connectivity index (χ1v) is 7.33. The maximum absolute atomic E-state index is 10.3. The van der Waals surface area contributed by atoms with Crippen LogP contribution in [-0.2, 0) is 0 Å². The fourth-order valence-electron chi connectivity index (χ4n) is 3.30. The standard InChI is InChI=1S/C16H21ClN2O/c1-10-14(6-5-12(9-18)15(10)17)19-8-7-13(11(19)2)16(3,4)20/h5-6,11,13,20H,7-8H2,1-4H3. The van der Waals surface area contributed by atoms with Crippen LogP contribution in [0.5, 0.6) is 0 Å². The summed E-state index contributed by atoms with van der Waals surface area (Å²) in [5, 5.41) is 19.8. The van der Waals surface area contributed by atoms with Crippen molar-refractivity contribution in [2.24, 2.45) is 5.92 Å². The third-order valence-electron chi connectivity index (χ3n) is 4.45. The Kier molecular flexibility index (Phi) is 4.00. The predicted octanol–water partition coefficient (Wildman–Crippen LogP) is 3.51. The van der Waals surface area contributed by atoms with Gasteiger partial charge in [0.1, 0.15) is 6.07 Å². The number of benzene rings is 1. The lowest BCUT2D eigenvalue weighted by molar-refractivity contribution is 0.0156. The van der Waals surface area contributed by atoms with Gasteiger partial charge in [-0.15, -0.1) is 0 Å². The van der Waals surface area contributed by atoms with Gasteiger partial charge in [-0.1, -0.05) is 11.6 Å². The molecule has 0 aliphatic carbocycles. The van der Waals surface area contributed by atoms with E-state index in [-0.39, 0.29) is 12.0 Å². The first kappa shape index (κ1) is 15.2. The molecule has 0 amide bonds. The normalized spacial score (nSPS) is 22.9. The highest BCUT2D eigenvalue weighted by molar-refractivity contribution is 6.32. The topological polar surface area (TPSA) is 47.3 Å². The monoisotopic (exact) mass is 292 g/mol. The van der Waals surface area contributed by atoms with E-state index in [2.05, 4.69) is 17.9 Å². The molecule has 2 atom stereocenters. The van der Waals surface area contributed by atoms with E-state index in [1.165, 1.54) is 0 Å². The van der Waals surface area contributed by atoms with Gasteiger partial charge in [0.25, 0.3) is 0 Å². The molecular weight excluding hydrogens is 272 g/mol. The summed E-state index contributed by atoms with van der Waals surface area (Å²) in [6, 6.07) is 6.09. The summed E-state index contributed by atoms with van der Waals surface area (Å²) in [7, 11) is 0. The van der Waals surface area contributed by atoms with Crippen LogP contribution in [0.25, 0.3) is 0 Å². The number of anilines is 1. The van der Waals surface area contributed by atoms with E-state index in [0.29, 0.717) is 10.6 Å². The Hall–Kier alpha value is -1.24. The highest BCUT2D eigenvalue weighted by Gasteiger charge is 2.40. The van der Waals surface area contributed by atoms with Gasteiger partial charge in [-0.25, -0.2) is 0 Å². The molecule has 1 heterocycles. The fourth-order valence-corrected chi connectivity index (χ4v) is 3.50. The van der Waals surface area contributed by atoms with E-state index >= 15 is 0 Å². The van der Waals surface area contributed by atoms with E-state index in [9.17, 15) is 5.11 Å². The van der Waals surface area contributed by atoms with Gasteiger partial charge in [0.05, 0.1) is 16.2 Å². The quantitative estimate of drug-likeness (QED) is 0.907. The molecule has 1 aromatic carbocycles. The van der Waals surface area contributed by atoms with Crippen molar-refractivity contribution in [3.8, 4) is 6.07 Å². The van der Waals surface area contributed by atoms with Crippen LogP contribution in [-0.4, -0.2) is 23.3 Å². The average molecular weight is 293 g/mol. The predicted molar refractivity (Wildman–Crippen MR) is 82.1 cm³/mol. The number of halogens is 1. The Labute approximate surface area is 125 Å². The van der Waals surface area contributed by atoms with Gasteiger partial charge in [0.15, 0.2) is 0 Å². The van der Waals surface area contributed by atoms with Crippen molar-refractivity contribution >= 4 is 17.3 Å². The summed E-state index contributed by atoms with van der Waals surface area (Å²) in [4.78, 5) is 2.28. The van der Waals surface area contributed by atoms with Gasteiger partial charge in [0.2, 0.25) is 0 Å². The molecule has 0 saturated carbocycles. The number of hydrogen-bond donors (Lipinski definition) is 1. The van der Waals surface area contributed by atoms with Crippen molar-refractivity contribution in [3.63, 3.8) is 0 Å². The summed E-state index contributed by atoms with van der Waals surface area (Å²) >= 11 is 6.25. The van der Waals surface area contributed by atoms with Gasteiger partial charge in [-0.2, -0.15) is 5.26 Å². The first-order valence-electron chi connectivity index (χ1n) is 6.95. The van der Waals surface area contributed by atoms with E-state index < -0.39 is 5.60 Å². The molecule has 1 N–H and O–H groups in total. The zero-order chi connectivity index (χ0) is 15.1. The molecule has 0 bridgehead atoms. The second-order valence-corrected chi connectivity index (χ2v) is 6.54. The first-order chi connectivity index (χ1) is 9.27. The van der Waals surface area contributed by atoms with Crippen LogP contribution in [0.2, 0.25) is 5.02 Å². The molecule has 2 rings (SSSR count). The molecule has 0 spiro atoms. The van der Waals surface area contributed by atoms with Crippen LogP contribution >= 0.6 is 11.6 Å². The second kappa shape index (κ2) is 5.27. The van der Waals surface area contributed by atoms with Gasteiger partial charge >= 0.3 is 0 Å². The van der Waals surface area contributed by atoms with Crippen molar-refractivity contribution in [2.45, 2.75) is 45.8 Å². The van der Waals surface area contributed by atoms with Gasteiger partial charge in [-0.05, 0) is 51.8 Å². The third-order valence-corrected chi connectivity index (χ3v) is 4.94. The number of hydrogen-bond acceptors (Lipinski definition) is 3. The molecule has 3 nitrogen and oxygen atoms in total. The summed E-state index contributed by atoms with van der Waals surface area (Å²) in [6.45, 7) is 8.73. The zero-order valence-corrected chi connectivity index (χ0v) is 13.2. The van der Waals surface area contributed by atoms with Crippen molar-refractivity contribution < 1.29 is 5.11 Å². The van der Waals surface area contributed by atoms with E-state index in [1.54, 1.807) is 6.07 Å². The van der Waals surface area contributed by atoms with E-state index in [1.807, 2.05) is 26.8 Å². The van der Waals surface area contributed by atoms with Crippen molar-refractivity contribution in [2.75, 3.05) is 11.4 Å². The Balaban J connectivity index is 2.35. The number of nitriles is 1. The van der Waals surface area contributed by atoms with E-state index in [0.717, 1.165) is 24.2 Å². The van der Waals surface area contributed by atoms with Crippen molar-refractivity contribution in [1.82, 2.24) is 0 Å². The summed E-state index contributed by atoms with van der Waals surface area (Å²) in [6.07, 6.45) is 0.960. The lowest BCUT2D eigenvalue weighted by Crippen LogP contribution is -2.40. The maximum atomic E-state index is 10.3. The minimum absolute atomic E-state index is 0.233. The highest BCUT2D eigenvalue weighted by Crippen LogP contribution is 2.39. The van der Waals surface area contributed by atoms with Crippen molar-refractivity contribution in [3.05, 3.63) is 28.3 Å². The van der Waals surface area contributed by atoms with Crippen LogP contribution < -0.4 is 4.90 Å². The second-order valence-electron chi connectivity index (χ2n) is 6.17. The lowest BCUT2D eigenvalue weighted by atomic mass is 9.85. The van der Waals surface area contributed by atoms with E-state index in [4.69, 9.17) is 16.9 Å². The van der Waals surface area contributed by atoms with Crippen LogP contribution in [0.1, 0.15) is 38.3 Å². The molecule has 1 fully saturated rings. The summed E-state index contributed by atoms with van der Waals surface area (Å²) in [5.41, 5.74) is 1.83. The number of rotatable bonds is 2. The van der Waals surface area contributed by atoms with Gasteiger partial charge in [-0.3, -0.25) is 0 Å². The SMILES string of the molecule is Cc1c(N2CCC(C(C)(C)O)C2C)ccc(C#N)c1Cl. The highest BCUT2D eigenvalue weighted by atomic mass is 35.5. The minimum Gasteiger partial charge on any atom is -0.390 e. The maximum Gasteiger partial charge on any atom is 0.101 e. The zero-order valence-electron chi connectivity index (χ0n) is 12.4. The molecule has 2 unspecified atom stereocenters. The molecule has 0 aromatic heterocycles. The molecule has 108 valence electrons. The number of nitrogens with zero attached hydrogens (tertiary/aromatic N) is 2. The van der Waals surface area contributed by atoms with Crippen LogP contribution in [0.3, 0.4) is 0 Å². The van der Waals surface area contributed by atoms with Crippen LogP contribution in [0.4, 0.5) is 5.69 Å².